The standard InChI is InChI=1S/C21H20ClN3O2/c1-27-19-9-5-15(6-10-19)14-24(17-7-8-17)21(26)20-11-12-25(23-20)18-4-2-3-16(22)13-18/h2-6,9-13,17H,7-8,14H2,1H3. The van der Waals surface area contributed by atoms with Crippen molar-refractivity contribution in [3.8, 4) is 11.4 Å². The molecule has 0 aliphatic heterocycles. The molecule has 0 N–H and O–H groups in total. The normalized spacial score (nSPS) is 13.4. The van der Waals surface area contributed by atoms with E-state index in [1.807, 2.05) is 53.4 Å². The first-order valence-corrected chi connectivity index (χ1v) is 9.27. The molecule has 2 aromatic carbocycles. The summed E-state index contributed by atoms with van der Waals surface area (Å²) in [6.45, 7) is 0.567. The van der Waals surface area contributed by atoms with Crippen molar-refractivity contribution in [2.24, 2.45) is 0 Å². The van der Waals surface area contributed by atoms with Gasteiger partial charge in [-0.3, -0.25) is 4.79 Å². The second-order valence-electron chi connectivity index (χ2n) is 6.64. The van der Waals surface area contributed by atoms with E-state index < -0.39 is 0 Å². The molecule has 0 spiro atoms. The molecule has 0 saturated heterocycles. The number of benzene rings is 2. The lowest BCUT2D eigenvalue weighted by atomic mass is 10.2. The number of nitrogens with zero attached hydrogens (tertiary/aromatic N) is 3. The van der Waals surface area contributed by atoms with Crippen LogP contribution in [0.3, 0.4) is 0 Å². The molecule has 1 aliphatic rings. The number of carbonyl (C=O) groups is 1. The molecule has 0 atom stereocenters. The molecule has 0 radical (unpaired) electrons. The third-order valence-electron chi connectivity index (χ3n) is 4.64. The highest BCUT2D eigenvalue weighted by atomic mass is 35.5. The Kier molecular flexibility index (Phi) is 4.86. The second kappa shape index (κ2) is 7.45. The fraction of sp³-hybridized carbons (Fsp3) is 0.238. The summed E-state index contributed by atoms with van der Waals surface area (Å²) >= 11 is 6.05. The number of carbonyl (C=O) groups excluding carboxylic acids is 1. The Hall–Kier alpha value is -2.79. The first-order valence-electron chi connectivity index (χ1n) is 8.89. The molecule has 5 nitrogen and oxygen atoms in total. The topological polar surface area (TPSA) is 47.4 Å². The van der Waals surface area contributed by atoms with Crippen LogP contribution in [0.4, 0.5) is 0 Å². The van der Waals surface area contributed by atoms with Gasteiger partial charge in [0.2, 0.25) is 0 Å². The van der Waals surface area contributed by atoms with E-state index in [0.29, 0.717) is 17.3 Å². The molecule has 6 heteroatoms. The number of hydrogen-bond acceptors (Lipinski definition) is 3. The van der Waals surface area contributed by atoms with Crippen molar-refractivity contribution in [2.45, 2.75) is 25.4 Å². The molecule has 4 rings (SSSR count). The lowest BCUT2D eigenvalue weighted by Gasteiger charge is -2.21. The monoisotopic (exact) mass is 381 g/mol. The summed E-state index contributed by atoms with van der Waals surface area (Å²) in [4.78, 5) is 15.0. The highest BCUT2D eigenvalue weighted by Gasteiger charge is 2.34. The molecule has 27 heavy (non-hydrogen) atoms. The quantitative estimate of drug-likeness (QED) is 0.638. The van der Waals surface area contributed by atoms with Gasteiger partial charge >= 0.3 is 0 Å². The average Bonchev–Trinajstić information content (AvgIpc) is 3.41. The van der Waals surface area contributed by atoms with Gasteiger partial charge < -0.3 is 9.64 Å². The minimum Gasteiger partial charge on any atom is -0.497 e. The summed E-state index contributed by atoms with van der Waals surface area (Å²) < 4.78 is 6.88. The highest BCUT2D eigenvalue weighted by Crippen LogP contribution is 2.30. The third-order valence-corrected chi connectivity index (χ3v) is 4.88. The Bertz CT molecular complexity index is 948. The number of halogens is 1. The van der Waals surface area contributed by atoms with Gasteiger partial charge in [-0.1, -0.05) is 29.8 Å². The summed E-state index contributed by atoms with van der Waals surface area (Å²) in [7, 11) is 1.64. The molecule has 1 heterocycles. The number of aromatic nitrogens is 2. The molecule has 1 aromatic heterocycles. The van der Waals surface area contributed by atoms with Gasteiger partial charge in [0.1, 0.15) is 5.75 Å². The minimum absolute atomic E-state index is 0.0471. The maximum Gasteiger partial charge on any atom is 0.274 e. The van der Waals surface area contributed by atoms with Crippen LogP contribution in [-0.4, -0.2) is 33.7 Å². The molecule has 0 bridgehead atoms. The van der Waals surface area contributed by atoms with Crippen LogP contribution in [0.15, 0.2) is 60.8 Å². The van der Waals surface area contributed by atoms with Crippen molar-refractivity contribution in [1.82, 2.24) is 14.7 Å². The fourth-order valence-electron chi connectivity index (χ4n) is 3.03. The van der Waals surface area contributed by atoms with Crippen LogP contribution in [0.5, 0.6) is 5.75 Å². The van der Waals surface area contributed by atoms with Gasteiger partial charge in [0.05, 0.1) is 12.8 Å². The van der Waals surface area contributed by atoms with Crippen LogP contribution in [-0.2, 0) is 6.54 Å². The lowest BCUT2D eigenvalue weighted by molar-refractivity contribution is 0.0723. The molecule has 1 aliphatic carbocycles. The minimum atomic E-state index is -0.0471. The number of rotatable bonds is 6. The smallest absolute Gasteiger partial charge is 0.274 e. The molecule has 1 fully saturated rings. The van der Waals surface area contributed by atoms with E-state index in [1.54, 1.807) is 24.1 Å². The van der Waals surface area contributed by atoms with Gasteiger partial charge in [-0.2, -0.15) is 5.10 Å². The SMILES string of the molecule is COc1ccc(CN(C(=O)c2ccn(-c3cccc(Cl)c3)n2)C2CC2)cc1. The molecule has 138 valence electrons. The zero-order chi connectivity index (χ0) is 18.8. The molecular formula is C21H20ClN3O2. The lowest BCUT2D eigenvalue weighted by Crippen LogP contribution is -2.33. The van der Waals surface area contributed by atoms with Gasteiger partial charge in [-0.05, 0) is 54.8 Å². The van der Waals surface area contributed by atoms with Crippen molar-refractivity contribution in [2.75, 3.05) is 7.11 Å². The van der Waals surface area contributed by atoms with Crippen molar-refractivity contribution < 1.29 is 9.53 Å². The van der Waals surface area contributed by atoms with E-state index in [0.717, 1.165) is 29.8 Å². The zero-order valence-electron chi connectivity index (χ0n) is 15.0. The van der Waals surface area contributed by atoms with Crippen LogP contribution >= 0.6 is 11.6 Å². The third kappa shape index (κ3) is 3.98. The first-order chi connectivity index (χ1) is 13.1. The van der Waals surface area contributed by atoms with Crippen LogP contribution in [0.2, 0.25) is 5.02 Å². The fourth-order valence-corrected chi connectivity index (χ4v) is 3.21. The average molecular weight is 382 g/mol. The van der Waals surface area contributed by atoms with Crippen molar-refractivity contribution in [1.29, 1.82) is 0 Å². The predicted molar refractivity (Wildman–Crippen MR) is 104 cm³/mol. The molecule has 1 saturated carbocycles. The van der Waals surface area contributed by atoms with E-state index in [4.69, 9.17) is 16.3 Å². The number of hydrogen-bond donors (Lipinski definition) is 0. The molecule has 3 aromatic rings. The van der Waals surface area contributed by atoms with E-state index in [-0.39, 0.29) is 11.9 Å². The van der Waals surface area contributed by atoms with Crippen molar-refractivity contribution in [3.63, 3.8) is 0 Å². The zero-order valence-corrected chi connectivity index (χ0v) is 15.8. The largest absolute Gasteiger partial charge is 0.497 e. The number of ether oxygens (including phenoxy) is 1. The highest BCUT2D eigenvalue weighted by molar-refractivity contribution is 6.30. The van der Waals surface area contributed by atoms with Crippen molar-refractivity contribution >= 4 is 17.5 Å². The van der Waals surface area contributed by atoms with E-state index in [2.05, 4.69) is 5.10 Å². The summed E-state index contributed by atoms with van der Waals surface area (Å²) in [5.41, 5.74) is 2.34. The second-order valence-corrected chi connectivity index (χ2v) is 7.07. The van der Waals surface area contributed by atoms with Crippen LogP contribution in [0.25, 0.3) is 5.69 Å². The van der Waals surface area contributed by atoms with Crippen LogP contribution in [0, 0.1) is 0 Å². The van der Waals surface area contributed by atoms with Gasteiger partial charge in [-0.15, -0.1) is 0 Å². The molecule has 1 amide bonds. The predicted octanol–water partition coefficient (Wildman–Crippen LogP) is 4.34. The van der Waals surface area contributed by atoms with Gasteiger partial charge in [0, 0.05) is 23.8 Å². The Labute approximate surface area is 163 Å². The Morgan fingerprint density at radius 2 is 2.00 bits per heavy atom. The molecule has 0 unspecified atom stereocenters. The summed E-state index contributed by atoms with van der Waals surface area (Å²) in [6.07, 6.45) is 3.87. The molecular weight excluding hydrogens is 362 g/mol. The summed E-state index contributed by atoms with van der Waals surface area (Å²) in [5, 5.41) is 5.10. The Morgan fingerprint density at radius 1 is 1.22 bits per heavy atom. The van der Waals surface area contributed by atoms with Gasteiger partial charge in [0.25, 0.3) is 5.91 Å². The summed E-state index contributed by atoms with van der Waals surface area (Å²) in [5.74, 6) is 0.761. The maximum atomic E-state index is 13.1. The number of methoxy groups -OCH3 is 1. The van der Waals surface area contributed by atoms with E-state index in [9.17, 15) is 4.79 Å². The van der Waals surface area contributed by atoms with E-state index in [1.165, 1.54) is 0 Å². The van der Waals surface area contributed by atoms with Crippen molar-refractivity contribution in [3.05, 3.63) is 77.1 Å². The van der Waals surface area contributed by atoms with Crippen LogP contribution < -0.4 is 4.74 Å². The van der Waals surface area contributed by atoms with Gasteiger partial charge in [0.15, 0.2) is 5.69 Å². The van der Waals surface area contributed by atoms with Gasteiger partial charge in [-0.25, -0.2) is 4.68 Å². The Morgan fingerprint density at radius 3 is 2.67 bits per heavy atom. The summed E-state index contributed by atoms with van der Waals surface area (Å²) in [6, 6.07) is 17.3. The Balaban J connectivity index is 1.54. The van der Waals surface area contributed by atoms with E-state index >= 15 is 0 Å². The number of amides is 1. The first kappa shape index (κ1) is 17.6. The maximum absolute atomic E-state index is 13.1. The van der Waals surface area contributed by atoms with Crippen LogP contribution in [0.1, 0.15) is 28.9 Å².